The monoisotopic (exact) mass is 439 g/mol. The van der Waals surface area contributed by atoms with Gasteiger partial charge < -0.3 is 10.5 Å². The largest absolute Gasteiger partial charge is 0.491 e. The van der Waals surface area contributed by atoms with Gasteiger partial charge in [0.2, 0.25) is 0 Å². The van der Waals surface area contributed by atoms with Crippen LogP contribution >= 0.6 is 0 Å². The lowest BCUT2D eigenvalue weighted by Gasteiger charge is -2.10. The molecule has 0 aliphatic heterocycles. The Morgan fingerprint density at radius 2 is 1.28 bits per heavy atom. The molecule has 4 heteroatoms. The molecule has 0 fully saturated rings. The van der Waals surface area contributed by atoms with Crippen LogP contribution in [0.15, 0.2) is 30.6 Å². The van der Waals surface area contributed by atoms with E-state index in [4.69, 9.17) is 10.5 Å². The number of hydrogen-bond donors (Lipinski definition) is 1. The molecule has 0 spiro atoms. The van der Waals surface area contributed by atoms with Crippen molar-refractivity contribution in [3.8, 4) is 17.1 Å². The summed E-state index contributed by atoms with van der Waals surface area (Å²) in [5, 5.41) is 0. The Morgan fingerprint density at radius 1 is 0.719 bits per heavy atom. The van der Waals surface area contributed by atoms with Crippen LogP contribution in [0, 0.1) is 0 Å². The number of benzene rings is 1. The van der Waals surface area contributed by atoms with Gasteiger partial charge in [-0.15, -0.1) is 0 Å². The molecule has 4 nitrogen and oxygen atoms in total. The lowest BCUT2D eigenvalue weighted by Crippen LogP contribution is -2.01. The molecule has 2 rings (SSSR count). The van der Waals surface area contributed by atoms with E-state index < -0.39 is 0 Å². The molecule has 0 radical (unpaired) electrons. The number of hydrogen-bond acceptors (Lipinski definition) is 4. The van der Waals surface area contributed by atoms with E-state index >= 15 is 0 Å². The molecule has 0 atom stereocenters. The fraction of sp³-hybridized carbons (Fsp3) is 0.643. The number of ether oxygens (including phenoxy) is 1. The summed E-state index contributed by atoms with van der Waals surface area (Å²) in [5.41, 5.74) is 9.03. The summed E-state index contributed by atoms with van der Waals surface area (Å²) in [4.78, 5) is 9.09. The number of unbranched alkanes of at least 4 members (excludes halogenated alkanes) is 12. The van der Waals surface area contributed by atoms with Crippen LogP contribution in [-0.2, 0) is 6.42 Å². The Morgan fingerprint density at radius 3 is 1.88 bits per heavy atom. The van der Waals surface area contributed by atoms with Crippen molar-refractivity contribution in [3.05, 3.63) is 36.2 Å². The summed E-state index contributed by atoms with van der Waals surface area (Å²) >= 11 is 0. The predicted molar refractivity (Wildman–Crippen MR) is 137 cm³/mol. The summed E-state index contributed by atoms with van der Waals surface area (Å²) in [6.07, 6.45) is 23.2. The van der Waals surface area contributed by atoms with Crippen molar-refractivity contribution in [2.75, 3.05) is 12.3 Å². The Balaban J connectivity index is 1.65. The average molecular weight is 440 g/mol. The number of nitrogen functional groups attached to an aromatic ring is 1. The van der Waals surface area contributed by atoms with Crippen LogP contribution in [0.3, 0.4) is 0 Å². The molecule has 1 aromatic heterocycles. The molecule has 0 amide bonds. The van der Waals surface area contributed by atoms with E-state index in [0.717, 1.165) is 36.6 Å². The molecule has 1 aromatic carbocycles. The van der Waals surface area contributed by atoms with Gasteiger partial charge in [0.1, 0.15) is 5.75 Å². The molecule has 1 heterocycles. The lowest BCUT2D eigenvalue weighted by molar-refractivity contribution is 0.306. The summed E-state index contributed by atoms with van der Waals surface area (Å²) in [7, 11) is 0. The molecule has 0 saturated carbocycles. The van der Waals surface area contributed by atoms with Gasteiger partial charge in [0, 0.05) is 18.0 Å². The van der Waals surface area contributed by atoms with E-state index in [2.05, 4.69) is 23.8 Å². The third-order valence-corrected chi connectivity index (χ3v) is 6.05. The van der Waals surface area contributed by atoms with E-state index in [1.165, 1.54) is 89.0 Å². The zero-order valence-electron chi connectivity index (χ0n) is 20.6. The number of nitrogens with zero attached hydrogens (tertiary/aromatic N) is 2. The molecular formula is C28H45N3O. The van der Waals surface area contributed by atoms with Crippen molar-refractivity contribution in [3.63, 3.8) is 0 Å². The van der Waals surface area contributed by atoms with E-state index in [1.54, 1.807) is 0 Å². The average Bonchev–Trinajstić information content (AvgIpc) is 2.81. The van der Waals surface area contributed by atoms with Gasteiger partial charge in [-0.1, -0.05) is 90.9 Å². The minimum absolute atomic E-state index is 0.654. The van der Waals surface area contributed by atoms with E-state index in [9.17, 15) is 0 Å². The van der Waals surface area contributed by atoms with Crippen LogP contribution in [0.25, 0.3) is 11.4 Å². The first-order valence-electron chi connectivity index (χ1n) is 13.1. The Hall–Kier alpha value is -2.10. The van der Waals surface area contributed by atoms with Gasteiger partial charge in [-0.25, -0.2) is 9.97 Å². The Kier molecular flexibility index (Phi) is 13.5. The number of anilines is 1. The van der Waals surface area contributed by atoms with Crippen LogP contribution < -0.4 is 10.5 Å². The third-order valence-electron chi connectivity index (χ3n) is 6.05. The van der Waals surface area contributed by atoms with Crippen LogP contribution in [-0.4, -0.2) is 16.6 Å². The van der Waals surface area contributed by atoms with Crippen LogP contribution in [0.1, 0.15) is 109 Å². The highest BCUT2D eigenvalue weighted by molar-refractivity contribution is 5.66. The smallest absolute Gasteiger partial charge is 0.159 e. The van der Waals surface area contributed by atoms with Gasteiger partial charge in [-0.2, -0.15) is 0 Å². The van der Waals surface area contributed by atoms with Crippen molar-refractivity contribution in [2.45, 2.75) is 110 Å². The van der Waals surface area contributed by atoms with Gasteiger partial charge in [0.05, 0.1) is 12.3 Å². The highest BCUT2D eigenvalue weighted by Crippen LogP contribution is 2.27. The molecule has 2 aromatic rings. The fourth-order valence-electron chi connectivity index (χ4n) is 3.98. The maximum absolute atomic E-state index is 6.23. The zero-order valence-corrected chi connectivity index (χ0v) is 20.6. The Bertz CT molecular complexity index is 730. The van der Waals surface area contributed by atoms with E-state index in [0.29, 0.717) is 5.69 Å². The lowest BCUT2D eigenvalue weighted by atomic mass is 10.1. The number of aromatic nitrogens is 2. The predicted octanol–water partition coefficient (Wildman–Crippen LogP) is 8.15. The third kappa shape index (κ3) is 10.5. The summed E-state index contributed by atoms with van der Waals surface area (Å²) in [6, 6.07) is 5.87. The second kappa shape index (κ2) is 16.5. The molecule has 32 heavy (non-hydrogen) atoms. The Labute approximate surface area is 196 Å². The van der Waals surface area contributed by atoms with E-state index in [1.807, 2.05) is 30.6 Å². The summed E-state index contributed by atoms with van der Waals surface area (Å²) < 4.78 is 5.92. The topological polar surface area (TPSA) is 61.0 Å². The van der Waals surface area contributed by atoms with Crippen molar-refractivity contribution in [2.24, 2.45) is 0 Å². The van der Waals surface area contributed by atoms with Gasteiger partial charge in [-0.05, 0) is 43.0 Å². The van der Waals surface area contributed by atoms with Gasteiger partial charge in [0.15, 0.2) is 5.82 Å². The minimum Gasteiger partial charge on any atom is -0.491 e. The maximum Gasteiger partial charge on any atom is 0.159 e. The first-order chi connectivity index (χ1) is 15.7. The van der Waals surface area contributed by atoms with Gasteiger partial charge in [-0.3, -0.25) is 0 Å². The molecule has 0 aliphatic carbocycles. The van der Waals surface area contributed by atoms with Crippen LogP contribution in [0.4, 0.5) is 5.69 Å². The van der Waals surface area contributed by atoms with Crippen molar-refractivity contribution < 1.29 is 4.74 Å². The fourth-order valence-corrected chi connectivity index (χ4v) is 3.98. The van der Waals surface area contributed by atoms with E-state index in [-0.39, 0.29) is 0 Å². The van der Waals surface area contributed by atoms with Crippen molar-refractivity contribution in [1.29, 1.82) is 0 Å². The normalized spacial score (nSPS) is 11.1. The highest BCUT2D eigenvalue weighted by Gasteiger charge is 2.07. The highest BCUT2D eigenvalue weighted by atomic mass is 16.5. The summed E-state index contributed by atoms with van der Waals surface area (Å²) in [6.45, 7) is 5.23. The summed E-state index contributed by atoms with van der Waals surface area (Å²) in [5.74, 6) is 1.48. The van der Waals surface area contributed by atoms with Crippen molar-refractivity contribution in [1.82, 2.24) is 9.97 Å². The first-order valence-corrected chi connectivity index (χ1v) is 13.1. The molecule has 0 aliphatic rings. The maximum atomic E-state index is 6.23. The van der Waals surface area contributed by atoms with Crippen LogP contribution in [0.5, 0.6) is 5.75 Å². The quantitative estimate of drug-likeness (QED) is 0.188. The SMILES string of the molecule is CCCCCCCCCCCCOc1ccc(-c2ncc(CCCCCC)cn2)cc1N. The van der Waals surface area contributed by atoms with Gasteiger partial charge >= 0.3 is 0 Å². The molecule has 0 unspecified atom stereocenters. The molecule has 2 N–H and O–H groups in total. The molecule has 0 saturated heterocycles. The number of nitrogens with two attached hydrogens (primary N) is 1. The standard InChI is InChI=1S/C28H45N3O/c1-3-5-7-9-10-11-12-13-14-16-20-32-27-19-18-25(21-26(27)29)28-30-22-24(23-31-28)17-15-8-6-4-2/h18-19,21-23H,3-17,20,29H2,1-2H3. The number of rotatable bonds is 18. The van der Waals surface area contributed by atoms with Gasteiger partial charge in [0.25, 0.3) is 0 Å². The second-order valence-corrected chi connectivity index (χ2v) is 9.01. The molecule has 178 valence electrons. The first kappa shape index (κ1) is 26.2. The zero-order chi connectivity index (χ0) is 22.9. The molecule has 0 bridgehead atoms. The minimum atomic E-state index is 0.654. The number of aryl methyl sites for hydroxylation is 1. The van der Waals surface area contributed by atoms with Crippen LogP contribution in [0.2, 0.25) is 0 Å². The molecular weight excluding hydrogens is 394 g/mol. The van der Waals surface area contributed by atoms with Crippen molar-refractivity contribution >= 4 is 5.69 Å². The second-order valence-electron chi connectivity index (χ2n) is 9.01.